The molecule has 2 unspecified atom stereocenters. The topological polar surface area (TPSA) is 90.5 Å². The van der Waals surface area contributed by atoms with Crippen LogP contribution in [-0.2, 0) is 15.0 Å². The third-order valence-corrected chi connectivity index (χ3v) is 9.08. The molecule has 0 bridgehead atoms. The van der Waals surface area contributed by atoms with Gasteiger partial charge in [0.25, 0.3) is 0 Å². The van der Waals surface area contributed by atoms with Gasteiger partial charge in [0.15, 0.2) is 0 Å². The molecule has 6 atom stereocenters. The van der Waals surface area contributed by atoms with Gasteiger partial charge in [-0.3, -0.25) is 9.59 Å². The lowest BCUT2D eigenvalue weighted by Gasteiger charge is -2.37. The fourth-order valence-corrected chi connectivity index (χ4v) is 7.32. The first kappa shape index (κ1) is 28.3. The molecule has 2 heterocycles. The number of nitrogens with one attached hydrogen (secondary N) is 3. The summed E-state index contributed by atoms with van der Waals surface area (Å²) >= 11 is 12.5. The molecule has 1 saturated carbocycles. The fourth-order valence-electron chi connectivity index (χ4n) is 6.95. The average molecular weight is 577 g/mol. The standard InChI is InChI=1S/C30H36Cl2FN3O3/c1-29(2,3)15-24-30(20-13-22(33)21(32)14-23(20)35-28(30)39)25(17-5-4-6-18(31)12-17)26(36-24)27(38)34-10-9-16-7-8-19(37)11-16/h4-6,12-14,16,19,24-26,36-37H,7-11,15H2,1-3H3,(H,34,38)(H,35,39)/t16?,19?,24-,25+,26-,30+/m1/s1. The Morgan fingerprint density at radius 3 is 2.64 bits per heavy atom. The summed E-state index contributed by atoms with van der Waals surface area (Å²) in [7, 11) is 0. The van der Waals surface area contributed by atoms with Gasteiger partial charge in [-0.2, -0.15) is 0 Å². The largest absolute Gasteiger partial charge is 0.393 e. The van der Waals surface area contributed by atoms with Gasteiger partial charge in [-0.25, -0.2) is 4.39 Å². The number of carbonyl (C=O) groups is 2. The van der Waals surface area contributed by atoms with Crippen LogP contribution in [0.5, 0.6) is 0 Å². The van der Waals surface area contributed by atoms with Crippen LogP contribution in [0.25, 0.3) is 0 Å². The van der Waals surface area contributed by atoms with E-state index < -0.39 is 29.2 Å². The van der Waals surface area contributed by atoms with Crippen molar-refractivity contribution in [1.29, 1.82) is 0 Å². The predicted octanol–water partition coefficient (Wildman–Crippen LogP) is 5.55. The van der Waals surface area contributed by atoms with Crippen LogP contribution >= 0.6 is 23.2 Å². The summed E-state index contributed by atoms with van der Waals surface area (Å²) in [6.07, 6.45) is 3.58. The molecule has 4 N–H and O–H groups in total. The van der Waals surface area contributed by atoms with E-state index in [0.29, 0.717) is 35.2 Å². The average Bonchev–Trinajstić information content (AvgIpc) is 3.49. The number of carbonyl (C=O) groups excluding carboxylic acids is 2. The Bertz CT molecular complexity index is 1280. The Hall–Kier alpha value is -2.19. The van der Waals surface area contributed by atoms with Gasteiger partial charge in [0.05, 0.1) is 17.2 Å². The first-order valence-electron chi connectivity index (χ1n) is 13.7. The van der Waals surface area contributed by atoms with Gasteiger partial charge in [-0.1, -0.05) is 56.1 Å². The van der Waals surface area contributed by atoms with Crippen molar-refractivity contribution in [2.45, 2.75) is 82.4 Å². The normalized spacial score (nSPS) is 30.0. The maximum absolute atomic E-state index is 15.0. The number of aliphatic hydroxyl groups excluding tert-OH is 1. The van der Waals surface area contributed by atoms with Gasteiger partial charge in [0.1, 0.15) is 11.2 Å². The molecule has 3 aliphatic rings. The number of benzene rings is 2. The molecule has 0 radical (unpaired) electrons. The zero-order chi connectivity index (χ0) is 28.1. The zero-order valence-corrected chi connectivity index (χ0v) is 24.0. The van der Waals surface area contributed by atoms with E-state index in [1.807, 2.05) is 6.07 Å². The Kier molecular flexibility index (Phi) is 7.74. The molecule has 6 nitrogen and oxygen atoms in total. The molecular weight excluding hydrogens is 540 g/mol. The molecule has 39 heavy (non-hydrogen) atoms. The van der Waals surface area contributed by atoms with Gasteiger partial charge in [-0.05, 0) is 78.8 Å². The van der Waals surface area contributed by atoms with Gasteiger partial charge < -0.3 is 21.1 Å². The summed E-state index contributed by atoms with van der Waals surface area (Å²) in [6.45, 7) is 6.71. The Morgan fingerprint density at radius 2 is 1.97 bits per heavy atom. The minimum atomic E-state index is -1.27. The van der Waals surface area contributed by atoms with Crippen molar-refractivity contribution in [3.05, 3.63) is 63.4 Å². The molecule has 1 spiro atoms. The van der Waals surface area contributed by atoms with Crippen molar-refractivity contribution in [3.8, 4) is 0 Å². The Morgan fingerprint density at radius 1 is 1.21 bits per heavy atom. The lowest BCUT2D eigenvalue weighted by Crippen LogP contribution is -2.49. The minimum absolute atomic E-state index is 0.0740. The summed E-state index contributed by atoms with van der Waals surface area (Å²) in [6, 6.07) is 8.77. The van der Waals surface area contributed by atoms with Crippen molar-refractivity contribution < 1.29 is 19.1 Å². The first-order valence-corrected chi connectivity index (χ1v) is 14.4. The number of halogens is 3. The molecule has 2 amide bonds. The van der Waals surface area contributed by atoms with Crippen LogP contribution in [0.3, 0.4) is 0 Å². The molecule has 210 valence electrons. The SMILES string of the molecule is CC(C)(C)C[C@H]1N[C@@H](C(=O)NCCC2CCC(O)C2)[C@H](c2cccc(Cl)c2)[C@@]12C(=O)Nc1cc(Cl)c(F)cc12. The highest BCUT2D eigenvalue weighted by atomic mass is 35.5. The third-order valence-electron chi connectivity index (χ3n) is 8.56. The smallest absolute Gasteiger partial charge is 0.237 e. The first-order chi connectivity index (χ1) is 18.4. The molecule has 1 aliphatic carbocycles. The highest BCUT2D eigenvalue weighted by Crippen LogP contribution is 2.57. The lowest BCUT2D eigenvalue weighted by atomic mass is 9.62. The molecule has 1 saturated heterocycles. The van der Waals surface area contributed by atoms with Gasteiger partial charge >= 0.3 is 0 Å². The van der Waals surface area contributed by atoms with Crippen LogP contribution in [0, 0.1) is 17.2 Å². The summed E-state index contributed by atoms with van der Waals surface area (Å²) in [4.78, 5) is 28.0. The number of aliphatic hydroxyl groups is 1. The third kappa shape index (κ3) is 5.31. The fraction of sp³-hybridized carbons (Fsp3) is 0.533. The molecule has 2 fully saturated rings. The lowest BCUT2D eigenvalue weighted by molar-refractivity contribution is -0.123. The van der Waals surface area contributed by atoms with E-state index in [2.05, 4.69) is 36.7 Å². The van der Waals surface area contributed by atoms with Crippen LogP contribution in [0.4, 0.5) is 10.1 Å². The van der Waals surface area contributed by atoms with Crippen LogP contribution in [0.15, 0.2) is 36.4 Å². The second-order valence-electron chi connectivity index (χ2n) is 12.5. The number of amides is 2. The predicted molar refractivity (Wildman–Crippen MR) is 152 cm³/mol. The van der Waals surface area contributed by atoms with E-state index in [0.717, 1.165) is 31.2 Å². The highest BCUT2D eigenvalue weighted by molar-refractivity contribution is 6.31. The molecule has 2 aromatic rings. The van der Waals surface area contributed by atoms with E-state index in [9.17, 15) is 19.1 Å². The number of anilines is 1. The molecular formula is C30H36Cl2FN3O3. The quantitative estimate of drug-likeness (QED) is 0.363. The number of rotatable bonds is 6. The number of hydrogen-bond donors (Lipinski definition) is 4. The Labute approximate surface area is 239 Å². The highest BCUT2D eigenvalue weighted by Gasteiger charge is 2.65. The van der Waals surface area contributed by atoms with E-state index in [1.165, 1.54) is 12.1 Å². The van der Waals surface area contributed by atoms with Gasteiger partial charge in [0, 0.05) is 29.2 Å². The molecule has 0 aromatic heterocycles. The number of fused-ring (bicyclic) bond motifs is 2. The van der Waals surface area contributed by atoms with Crippen LogP contribution in [0.2, 0.25) is 10.0 Å². The maximum atomic E-state index is 15.0. The molecule has 5 rings (SSSR count). The van der Waals surface area contributed by atoms with E-state index in [4.69, 9.17) is 23.2 Å². The Balaban J connectivity index is 1.58. The second kappa shape index (κ2) is 10.7. The van der Waals surface area contributed by atoms with Crippen LogP contribution < -0.4 is 16.0 Å². The molecule has 2 aromatic carbocycles. The van der Waals surface area contributed by atoms with Crippen molar-refractivity contribution in [1.82, 2.24) is 10.6 Å². The molecule has 9 heteroatoms. The summed E-state index contributed by atoms with van der Waals surface area (Å²) in [5.41, 5.74) is 0.211. The van der Waals surface area contributed by atoms with Gasteiger partial charge in [0.2, 0.25) is 11.8 Å². The molecule has 2 aliphatic heterocycles. The monoisotopic (exact) mass is 575 g/mol. The van der Waals surface area contributed by atoms with Crippen molar-refractivity contribution >= 4 is 40.7 Å². The van der Waals surface area contributed by atoms with Crippen LogP contribution in [-0.4, -0.2) is 41.7 Å². The second-order valence-corrected chi connectivity index (χ2v) is 13.4. The van der Waals surface area contributed by atoms with Crippen molar-refractivity contribution in [2.24, 2.45) is 11.3 Å². The van der Waals surface area contributed by atoms with Crippen molar-refractivity contribution in [2.75, 3.05) is 11.9 Å². The van der Waals surface area contributed by atoms with E-state index in [1.54, 1.807) is 18.2 Å². The number of hydrogen-bond acceptors (Lipinski definition) is 4. The minimum Gasteiger partial charge on any atom is -0.393 e. The van der Waals surface area contributed by atoms with E-state index in [-0.39, 0.29) is 28.4 Å². The zero-order valence-electron chi connectivity index (χ0n) is 22.5. The van der Waals surface area contributed by atoms with E-state index >= 15 is 0 Å². The summed E-state index contributed by atoms with van der Waals surface area (Å²) in [5, 5.41) is 19.8. The summed E-state index contributed by atoms with van der Waals surface area (Å²) < 4.78 is 15.0. The van der Waals surface area contributed by atoms with Gasteiger partial charge in [-0.15, -0.1) is 0 Å². The van der Waals surface area contributed by atoms with Crippen LogP contribution in [0.1, 0.15) is 69.9 Å². The van der Waals surface area contributed by atoms with Crippen molar-refractivity contribution in [3.63, 3.8) is 0 Å². The summed E-state index contributed by atoms with van der Waals surface area (Å²) in [5.74, 6) is -1.40. The maximum Gasteiger partial charge on any atom is 0.237 e.